The summed E-state index contributed by atoms with van der Waals surface area (Å²) < 4.78 is 25.6. The van der Waals surface area contributed by atoms with Crippen LogP contribution >= 0.6 is 0 Å². The molecule has 2 nitrogen and oxygen atoms in total. The quantitative estimate of drug-likeness (QED) is 0.467. The number of rotatable bonds is 2. The van der Waals surface area contributed by atoms with Gasteiger partial charge in [0.25, 0.3) is 0 Å². The van der Waals surface area contributed by atoms with Crippen molar-refractivity contribution in [3.05, 3.63) is 0 Å². The molecule has 0 N–H and O–H groups in total. The van der Waals surface area contributed by atoms with E-state index in [1.165, 1.54) is 6.08 Å². The van der Waals surface area contributed by atoms with E-state index in [1.807, 2.05) is 0 Å². The Morgan fingerprint density at radius 3 is 2.67 bits per heavy atom. The lowest BCUT2D eigenvalue weighted by Gasteiger charge is -2.21. The number of halogens is 2. The summed E-state index contributed by atoms with van der Waals surface area (Å²) in [6.07, 6.45) is 3.12. The number of nitrogens with zero attached hydrogens (tertiary/aromatic N) is 1. The molecule has 1 rings (SSSR count). The van der Waals surface area contributed by atoms with E-state index in [4.69, 9.17) is 0 Å². The fraction of sp³-hybridized carbons (Fsp3) is 0.875. The van der Waals surface area contributed by atoms with Gasteiger partial charge in [-0.3, -0.25) is 0 Å². The first-order chi connectivity index (χ1) is 5.55. The van der Waals surface area contributed by atoms with Crippen molar-refractivity contribution in [3.63, 3.8) is 0 Å². The summed E-state index contributed by atoms with van der Waals surface area (Å²) in [5.74, 6) is -3.49. The maximum absolute atomic E-state index is 12.8. The van der Waals surface area contributed by atoms with Crippen LogP contribution in [0.15, 0.2) is 4.99 Å². The maximum Gasteiger partial charge on any atom is 0.250 e. The Hall–Kier alpha value is -0.760. The summed E-state index contributed by atoms with van der Waals surface area (Å²) >= 11 is 0. The van der Waals surface area contributed by atoms with Crippen molar-refractivity contribution in [1.29, 1.82) is 0 Å². The molecule has 1 saturated carbocycles. The molecule has 0 radical (unpaired) electrons. The molecular weight excluding hydrogens is 164 g/mol. The number of aliphatic imine (C=N–C) groups is 1. The molecule has 1 aliphatic carbocycles. The van der Waals surface area contributed by atoms with Crippen molar-refractivity contribution in [2.45, 2.75) is 38.2 Å². The van der Waals surface area contributed by atoms with Crippen LogP contribution in [0.1, 0.15) is 26.2 Å². The van der Waals surface area contributed by atoms with E-state index in [2.05, 4.69) is 4.99 Å². The zero-order chi connectivity index (χ0) is 9.19. The molecule has 68 valence electrons. The summed E-state index contributed by atoms with van der Waals surface area (Å²) in [6.45, 7) is 0.885. The highest BCUT2D eigenvalue weighted by Crippen LogP contribution is 2.39. The average Bonchev–Trinajstić information content (AvgIpc) is 2.34. The van der Waals surface area contributed by atoms with Crippen LogP contribution in [0.3, 0.4) is 0 Å². The number of isocyanates is 1. The van der Waals surface area contributed by atoms with Crippen LogP contribution in [-0.2, 0) is 4.79 Å². The molecule has 4 heteroatoms. The van der Waals surface area contributed by atoms with Gasteiger partial charge in [-0.05, 0) is 19.8 Å². The number of hydrogen-bond acceptors (Lipinski definition) is 2. The molecule has 0 heterocycles. The largest absolute Gasteiger partial charge is 0.250 e. The monoisotopic (exact) mass is 175 g/mol. The molecule has 0 bridgehead atoms. The molecule has 0 saturated heterocycles. The van der Waals surface area contributed by atoms with Gasteiger partial charge in [-0.15, -0.1) is 0 Å². The Morgan fingerprint density at radius 2 is 2.17 bits per heavy atom. The van der Waals surface area contributed by atoms with E-state index in [9.17, 15) is 13.6 Å². The third kappa shape index (κ3) is 1.89. The van der Waals surface area contributed by atoms with Gasteiger partial charge in [-0.25, -0.2) is 18.6 Å². The fourth-order valence-electron chi connectivity index (χ4n) is 1.75. The van der Waals surface area contributed by atoms with E-state index in [0.29, 0.717) is 12.8 Å². The zero-order valence-corrected chi connectivity index (χ0v) is 6.89. The average molecular weight is 175 g/mol. The first-order valence-corrected chi connectivity index (χ1v) is 4.00. The molecule has 2 unspecified atom stereocenters. The summed E-state index contributed by atoms with van der Waals surface area (Å²) in [5.41, 5.74) is 0. The van der Waals surface area contributed by atoms with Crippen LogP contribution in [0.2, 0.25) is 0 Å². The van der Waals surface area contributed by atoms with Gasteiger partial charge >= 0.3 is 0 Å². The van der Waals surface area contributed by atoms with Gasteiger partial charge in [0.15, 0.2) is 0 Å². The van der Waals surface area contributed by atoms with Crippen LogP contribution in [-0.4, -0.2) is 18.0 Å². The molecule has 0 aliphatic heterocycles. The second-order valence-electron chi connectivity index (χ2n) is 3.28. The molecule has 0 aromatic carbocycles. The second kappa shape index (κ2) is 3.31. The van der Waals surface area contributed by atoms with Gasteiger partial charge in [0.05, 0.1) is 6.04 Å². The third-order valence-corrected chi connectivity index (χ3v) is 2.35. The van der Waals surface area contributed by atoms with Crippen molar-refractivity contribution in [2.24, 2.45) is 10.9 Å². The minimum atomic E-state index is -2.72. The summed E-state index contributed by atoms with van der Waals surface area (Å²) in [5, 5.41) is 0. The van der Waals surface area contributed by atoms with Crippen molar-refractivity contribution in [2.75, 3.05) is 0 Å². The van der Waals surface area contributed by atoms with Gasteiger partial charge in [0, 0.05) is 5.92 Å². The topological polar surface area (TPSA) is 29.4 Å². The van der Waals surface area contributed by atoms with E-state index in [0.717, 1.165) is 13.3 Å². The van der Waals surface area contributed by atoms with Gasteiger partial charge in [0.2, 0.25) is 12.0 Å². The van der Waals surface area contributed by atoms with Gasteiger partial charge in [0.1, 0.15) is 0 Å². The van der Waals surface area contributed by atoms with E-state index in [-0.39, 0.29) is 0 Å². The number of carbonyl (C=O) groups excluding carboxylic acids is 1. The predicted octanol–water partition coefficient (Wildman–Crippen LogP) is 2.15. The Labute approximate surface area is 69.7 Å². The highest BCUT2D eigenvalue weighted by molar-refractivity contribution is 5.34. The first-order valence-electron chi connectivity index (χ1n) is 4.00. The lowest BCUT2D eigenvalue weighted by molar-refractivity contribution is -0.0418. The van der Waals surface area contributed by atoms with Crippen LogP contribution < -0.4 is 0 Å². The second-order valence-corrected chi connectivity index (χ2v) is 3.28. The van der Waals surface area contributed by atoms with Crippen molar-refractivity contribution in [3.8, 4) is 0 Å². The zero-order valence-electron chi connectivity index (χ0n) is 6.89. The Kier molecular flexibility index (Phi) is 2.58. The van der Waals surface area contributed by atoms with E-state index < -0.39 is 17.9 Å². The van der Waals surface area contributed by atoms with E-state index in [1.54, 1.807) is 0 Å². The molecule has 0 aromatic rings. The Morgan fingerprint density at radius 1 is 1.50 bits per heavy atom. The summed E-state index contributed by atoms with van der Waals surface area (Å²) in [7, 11) is 0. The fourth-order valence-corrected chi connectivity index (χ4v) is 1.75. The summed E-state index contributed by atoms with van der Waals surface area (Å²) in [4.78, 5) is 13.3. The van der Waals surface area contributed by atoms with Crippen LogP contribution in [0.5, 0.6) is 0 Å². The number of alkyl halides is 2. The highest BCUT2D eigenvalue weighted by Gasteiger charge is 2.42. The van der Waals surface area contributed by atoms with Crippen LogP contribution in [0.4, 0.5) is 8.78 Å². The molecule has 1 fully saturated rings. The Bertz CT molecular complexity index is 206. The standard InChI is InChI=1S/C8H11F2NO/c1-8(9,10)6-3-2-4-7(6)11-5-12/h6-7H,2-4H2,1H3. The van der Waals surface area contributed by atoms with Crippen molar-refractivity contribution >= 4 is 6.08 Å². The smallest absolute Gasteiger partial charge is 0.211 e. The molecular formula is C8H11F2NO. The van der Waals surface area contributed by atoms with Gasteiger partial charge in [-0.1, -0.05) is 6.42 Å². The maximum atomic E-state index is 12.8. The SMILES string of the molecule is CC(F)(F)C1CCCC1N=C=O. The van der Waals surface area contributed by atoms with Crippen LogP contribution in [0, 0.1) is 5.92 Å². The first kappa shape index (κ1) is 9.33. The van der Waals surface area contributed by atoms with E-state index >= 15 is 0 Å². The highest BCUT2D eigenvalue weighted by atomic mass is 19.3. The molecule has 0 amide bonds. The lowest BCUT2D eigenvalue weighted by Crippen LogP contribution is -2.29. The number of hydrogen-bond donors (Lipinski definition) is 0. The third-order valence-electron chi connectivity index (χ3n) is 2.35. The van der Waals surface area contributed by atoms with Gasteiger partial charge < -0.3 is 0 Å². The Balaban J connectivity index is 2.70. The molecule has 0 spiro atoms. The van der Waals surface area contributed by atoms with Crippen molar-refractivity contribution < 1.29 is 13.6 Å². The summed E-state index contributed by atoms with van der Waals surface area (Å²) in [6, 6.07) is -0.512. The molecule has 12 heavy (non-hydrogen) atoms. The molecule has 2 atom stereocenters. The minimum absolute atomic E-state index is 0.458. The van der Waals surface area contributed by atoms with Gasteiger partial charge in [-0.2, -0.15) is 0 Å². The normalized spacial score (nSPS) is 29.9. The molecule has 0 aromatic heterocycles. The predicted molar refractivity (Wildman–Crippen MR) is 39.9 cm³/mol. The molecule has 1 aliphatic rings. The minimum Gasteiger partial charge on any atom is -0.211 e. The van der Waals surface area contributed by atoms with Crippen molar-refractivity contribution in [1.82, 2.24) is 0 Å². The lowest BCUT2D eigenvalue weighted by atomic mass is 9.97. The van der Waals surface area contributed by atoms with Crippen LogP contribution in [0.25, 0.3) is 0 Å².